The molecule has 0 aromatic carbocycles. The van der Waals surface area contributed by atoms with Gasteiger partial charge in [-0.1, -0.05) is 27.7 Å². The standard InChI is InChI=1S/C7H17O12P3.2C2H6/c1-5-3-6(8)7(17-5)4-16-21(11,12)19-22(13,14)18-20(9,10)15-2;2*1-2/h5-8H,3-4H2,1-2H3,(H,9,10)(H,11,12)(H,13,14);2*1-2H3/p-3/t5-,6+,7+;;/m0../s1. The summed E-state index contributed by atoms with van der Waals surface area (Å²) in [6.07, 6.45) is -2.09. The molecule has 0 spiro atoms. The lowest BCUT2D eigenvalue weighted by Crippen LogP contribution is -2.27. The van der Waals surface area contributed by atoms with Crippen LogP contribution in [-0.4, -0.2) is 37.1 Å². The predicted molar refractivity (Wildman–Crippen MR) is 85.6 cm³/mol. The van der Waals surface area contributed by atoms with Crippen molar-refractivity contribution in [3.63, 3.8) is 0 Å². The zero-order valence-corrected chi connectivity index (χ0v) is 18.1. The number of aliphatic hydroxyl groups is 1. The van der Waals surface area contributed by atoms with E-state index in [1.165, 1.54) is 0 Å². The van der Waals surface area contributed by atoms with Crippen molar-refractivity contribution >= 4 is 23.5 Å². The van der Waals surface area contributed by atoms with Crippen LogP contribution in [0.25, 0.3) is 0 Å². The van der Waals surface area contributed by atoms with E-state index in [9.17, 15) is 33.5 Å². The summed E-state index contributed by atoms with van der Waals surface area (Å²) in [5, 5.41) is 9.50. The summed E-state index contributed by atoms with van der Waals surface area (Å²) >= 11 is 0. The Balaban J connectivity index is 0. The Kier molecular flexibility index (Phi) is 14.0. The SMILES string of the molecule is CC.CC.COP(=O)([O-])OP(=O)([O-])OP(=O)([O-])OC[C@H]1O[C@@H](C)C[C@H]1O. The van der Waals surface area contributed by atoms with Gasteiger partial charge in [0, 0.05) is 13.5 Å². The van der Waals surface area contributed by atoms with Gasteiger partial charge in [0.2, 0.25) is 0 Å². The van der Waals surface area contributed by atoms with Crippen molar-refractivity contribution in [2.24, 2.45) is 0 Å². The molecule has 15 heteroatoms. The summed E-state index contributed by atoms with van der Waals surface area (Å²) in [7, 11) is -15.9. The summed E-state index contributed by atoms with van der Waals surface area (Å²) in [5.74, 6) is 0. The van der Waals surface area contributed by atoms with Gasteiger partial charge >= 0.3 is 0 Å². The molecule has 26 heavy (non-hydrogen) atoms. The molecule has 1 heterocycles. The van der Waals surface area contributed by atoms with Crippen LogP contribution in [0.4, 0.5) is 0 Å². The smallest absolute Gasteiger partial charge is 0.280 e. The van der Waals surface area contributed by atoms with Gasteiger partial charge in [-0.15, -0.1) is 0 Å². The Morgan fingerprint density at radius 3 is 1.85 bits per heavy atom. The first-order valence-corrected chi connectivity index (χ1v) is 12.1. The maximum atomic E-state index is 11.3. The molecule has 0 saturated carbocycles. The predicted octanol–water partition coefficient (Wildman–Crippen LogP) is 0.678. The average Bonchev–Trinajstić information content (AvgIpc) is 2.85. The van der Waals surface area contributed by atoms with Crippen molar-refractivity contribution in [3.8, 4) is 0 Å². The maximum Gasteiger partial charge on any atom is 0.280 e. The van der Waals surface area contributed by atoms with E-state index in [0.717, 1.165) is 0 Å². The molecule has 0 bridgehead atoms. The quantitative estimate of drug-likeness (QED) is 0.518. The number of ether oxygens (including phenoxy) is 1. The van der Waals surface area contributed by atoms with E-state index in [4.69, 9.17) is 4.74 Å². The molecule has 0 radical (unpaired) electrons. The van der Waals surface area contributed by atoms with E-state index < -0.39 is 42.3 Å². The molecule has 0 aromatic heterocycles. The fourth-order valence-corrected chi connectivity index (χ4v) is 4.70. The molecule has 0 aliphatic carbocycles. The van der Waals surface area contributed by atoms with E-state index in [0.29, 0.717) is 7.11 Å². The molecule has 1 saturated heterocycles. The maximum absolute atomic E-state index is 11.3. The van der Waals surface area contributed by atoms with Gasteiger partial charge in [0.05, 0.1) is 18.8 Å². The lowest BCUT2D eigenvalue weighted by atomic mass is 10.1. The molecular weight excluding hydrogens is 417 g/mol. The molecule has 3 unspecified atom stereocenters. The molecule has 1 aliphatic rings. The highest BCUT2D eigenvalue weighted by atomic mass is 31.3. The topological polar surface area (TPSA) is 187 Å². The molecule has 0 aromatic rings. The van der Waals surface area contributed by atoms with Gasteiger partial charge in [-0.2, -0.15) is 0 Å². The van der Waals surface area contributed by atoms with Gasteiger partial charge in [-0.3, -0.25) is 13.7 Å². The molecule has 1 N–H and O–H groups in total. The number of hydrogen-bond acceptors (Lipinski definition) is 12. The van der Waals surface area contributed by atoms with Crippen LogP contribution in [-0.2, 0) is 36.1 Å². The Bertz CT molecular complexity index is 527. The van der Waals surface area contributed by atoms with E-state index in [-0.39, 0.29) is 12.5 Å². The second-order valence-corrected chi connectivity index (χ2v) is 8.88. The minimum Gasteiger partial charge on any atom is -0.756 e. The molecule has 1 rings (SSSR count). The van der Waals surface area contributed by atoms with Crippen LogP contribution < -0.4 is 14.7 Å². The average molecular weight is 443 g/mol. The monoisotopic (exact) mass is 443 g/mol. The number of aliphatic hydroxyl groups excluding tert-OH is 1. The van der Waals surface area contributed by atoms with Gasteiger partial charge < -0.3 is 33.6 Å². The molecule has 12 nitrogen and oxygen atoms in total. The minimum atomic E-state index is -5.80. The van der Waals surface area contributed by atoms with Crippen LogP contribution in [0.15, 0.2) is 0 Å². The molecular formula is C11H26O12P3-3. The number of phosphoric ester groups is 2. The van der Waals surface area contributed by atoms with E-state index in [2.05, 4.69) is 17.7 Å². The second kappa shape index (κ2) is 12.7. The van der Waals surface area contributed by atoms with Crippen LogP contribution >= 0.6 is 23.5 Å². The summed E-state index contributed by atoms with van der Waals surface area (Å²) in [6, 6.07) is 0. The van der Waals surface area contributed by atoms with Crippen molar-refractivity contribution in [2.75, 3.05) is 13.7 Å². The zero-order valence-electron chi connectivity index (χ0n) is 15.4. The van der Waals surface area contributed by atoms with Crippen LogP contribution in [0.2, 0.25) is 0 Å². The third kappa shape index (κ3) is 11.9. The van der Waals surface area contributed by atoms with Crippen molar-refractivity contribution in [3.05, 3.63) is 0 Å². The van der Waals surface area contributed by atoms with Gasteiger partial charge in [-0.25, -0.2) is 8.62 Å². The second-order valence-electron chi connectivity index (χ2n) is 4.27. The Morgan fingerprint density at radius 2 is 1.46 bits per heavy atom. The van der Waals surface area contributed by atoms with Gasteiger partial charge in [0.25, 0.3) is 23.5 Å². The summed E-state index contributed by atoms with van der Waals surface area (Å²) < 4.78 is 53.3. The third-order valence-electron chi connectivity index (χ3n) is 2.43. The molecule has 1 aliphatic heterocycles. The normalized spacial score (nSPS) is 29.1. The van der Waals surface area contributed by atoms with E-state index in [1.807, 2.05) is 27.7 Å². The number of rotatable bonds is 8. The zero-order chi connectivity index (χ0) is 21.2. The molecule has 0 amide bonds. The van der Waals surface area contributed by atoms with Crippen LogP contribution in [0.5, 0.6) is 0 Å². The van der Waals surface area contributed by atoms with Gasteiger partial charge in [-0.05, 0) is 6.92 Å². The van der Waals surface area contributed by atoms with Crippen molar-refractivity contribution in [2.45, 2.75) is 59.4 Å². The lowest BCUT2D eigenvalue weighted by molar-refractivity contribution is -0.251. The molecule has 1 fully saturated rings. The van der Waals surface area contributed by atoms with Gasteiger partial charge in [0.1, 0.15) is 6.10 Å². The Morgan fingerprint density at radius 1 is 1.00 bits per heavy atom. The third-order valence-corrected chi connectivity index (χ3v) is 6.54. The summed E-state index contributed by atoms with van der Waals surface area (Å²) in [5.41, 5.74) is 0. The number of hydrogen-bond donors (Lipinski definition) is 1. The first-order chi connectivity index (χ1) is 11.9. The van der Waals surface area contributed by atoms with Crippen molar-refractivity contribution in [1.29, 1.82) is 0 Å². The molecule has 6 atom stereocenters. The first kappa shape index (κ1) is 28.5. The minimum absolute atomic E-state index is 0.244. The van der Waals surface area contributed by atoms with E-state index >= 15 is 0 Å². The highest BCUT2D eigenvalue weighted by Gasteiger charge is 2.33. The van der Waals surface area contributed by atoms with Crippen LogP contribution in [0, 0.1) is 0 Å². The van der Waals surface area contributed by atoms with Gasteiger partial charge in [0.15, 0.2) is 0 Å². The van der Waals surface area contributed by atoms with Crippen molar-refractivity contribution in [1.82, 2.24) is 0 Å². The molecule has 160 valence electrons. The van der Waals surface area contributed by atoms with Crippen LogP contribution in [0.3, 0.4) is 0 Å². The largest absolute Gasteiger partial charge is 0.756 e. The lowest BCUT2D eigenvalue weighted by Gasteiger charge is -2.34. The Hall–Kier alpha value is 0.330. The summed E-state index contributed by atoms with van der Waals surface area (Å²) in [6.45, 7) is 8.91. The first-order valence-electron chi connectivity index (χ1n) is 7.75. The summed E-state index contributed by atoms with van der Waals surface area (Å²) in [4.78, 5) is 33.3. The number of phosphoric acid groups is 3. The fraction of sp³-hybridized carbons (Fsp3) is 1.00. The van der Waals surface area contributed by atoms with Crippen LogP contribution in [0.1, 0.15) is 41.0 Å². The fourth-order valence-electron chi connectivity index (χ4n) is 1.57. The van der Waals surface area contributed by atoms with E-state index in [1.54, 1.807) is 6.92 Å². The highest BCUT2D eigenvalue weighted by molar-refractivity contribution is 7.65. The van der Waals surface area contributed by atoms with Crippen molar-refractivity contribution < 1.29 is 55.9 Å². The highest BCUT2D eigenvalue weighted by Crippen LogP contribution is 2.62. The Labute approximate surface area is 153 Å².